The van der Waals surface area contributed by atoms with Crippen LogP contribution in [0.5, 0.6) is 0 Å². The van der Waals surface area contributed by atoms with Crippen molar-refractivity contribution in [3.63, 3.8) is 0 Å². The molecule has 3 nitrogen and oxygen atoms in total. The monoisotopic (exact) mass is 131 g/mol. The second-order valence-corrected chi connectivity index (χ2v) is 2.18. The molecule has 1 fully saturated rings. The van der Waals surface area contributed by atoms with E-state index in [1.165, 1.54) is 0 Å². The normalized spacial score (nSPS) is 24.7. The first-order valence-electron chi connectivity index (χ1n) is 3.33. The van der Waals surface area contributed by atoms with Crippen molar-refractivity contribution in [1.82, 2.24) is 0 Å². The Labute approximate surface area is 55.1 Å². The number of hydrogen-bond donors (Lipinski definition) is 1. The Morgan fingerprint density at radius 3 is 2.56 bits per heavy atom. The minimum Gasteiger partial charge on any atom is -0.349 e. The summed E-state index contributed by atoms with van der Waals surface area (Å²) >= 11 is 0. The molecule has 1 atom stereocenters. The van der Waals surface area contributed by atoms with Gasteiger partial charge < -0.3 is 15.2 Å². The minimum atomic E-state index is -0.144. The maximum Gasteiger partial charge on any atom is 0.172 e. The van der Waals surface area contributed by atoms with Gasteiger partial charge in [-0.15, -0.1) is 0 Å². The molecule has 0 radical (unpaired) electrons. The van der Waals surface area contributed by atoms with Crippen molar-refractivity contribution in [2.45, 2.75) is 25.7 Å². The molecule has 1 aliphatic rings. The van der Waals surface area contributed by atoms with Gasteiger partial charge in [-0.2, -0.15) is 0 Å². The quantitative estimate of drug-likeness (QED) is 0.578. The zero-order valence-corrected chi connectivity index (χ0v) is 5.67. The Balaban J connectivity index is 2.24. The lowest BCUT2D eigenvalue weighted by molar-refractivity contribution is -0.0593. The molecule has 9 heavy (non-hydrogen) atoms. The van der Waals surface area contributed by atoms with Gasteiger partial charge in [-0.25, -0.2) is 0 Å². The summed E-state index contributed by atoms with van der Waals surface area (Å²) in [4.78, 5) is 0. The molecule has 54 valence electrons. The van der Waals surface area contributed by atoms with Gasteiger partial charge in [0.1, 0.15) is 0 Å². The standard InChI is InChI=1S/C6H13NO2/c1-2-5(7)6-8-3-4-9-6/h5-6H,2-4,7H2,1H3. The van der Waals surface area contributed by atoms with Gasteiger partial charge in [-0.05, 0) is 6.42 Å². The molecule has 1 rings (SSSR count). The van der Waals surface area contributed by atoms with Crippen LogP contribution in [0.1, 0.15) is 13.3 Å². The van der Waals surface area contributed by atoms with Crippen LogP contribution in [0.4, 0.5) is 0 Å². The number of hydrogen-bond acceptors (Lipinski definition) is 3. The lowest BCUT2D eigenvalue weighted by Gasteiger charge is -2.14. The summed E-state index contributed by atoms with van der Waals surface area (Å²) in [6.07, 6.45) is 0.764. The van der Waals surface area contributed by atoms with Crippen molar-refractivity contribution in [2.75, 3.05) is 13.2 Å². The fourth-order valence-electron chi connectivity index (χ4n) is 0.816. The first-order valence-corrected chi connectivity index (χ1v) is 3.33. The fraction of sp³-hybridized carbons (Fsp3) is 1.00. The molecular weight excluding hydrogens is 118 g/mol. The van der Waals surface area contributed by atoms with Gasteiger partial charge in [-0.3, -0.25) is 0 Å². The van der Waals surface area contributed by atoms with E-state index in [-0.39, 0.29) is 12.3 Å². The zero-order chi connectivity index (χ0) is 6.69. The highest BCUT2D eigenvalue weighted by Gasteiger charge is 2.21. The second-order valence-electron chi connectivity index (χ2n) is 2.18. The number of ether oxygens (including phenoxy) is 2. The summed E-state index contributed by atoms with van der Waals surface area (Å²) in [5.41, 5.74) is 5.63. The van der Waals surface area contributed by atoms with Gasteiger partial charge in [0.2, 0.25) is 0 Å². The maximum absolute atomic E-state index is 5.63. The number of nitrogens with two attached hydrogens (primary N) is 1. The van der Waals surface area contributed by atoms with Crippen molar-refractivity contribution >= 4 is 0 Å². The van der Waals surface area contributed by atoms with Crippen molar-refractivity contribution in [1.29, 1.82) is 0 Å². The molecule has 0 aromatic rings. The minimum absolute atomic E-state index is 0.0486. The fourth-order valence-corrected chi connectivity index (χ4v) is 0.816. The van der Waals surface area contributed by atoms with Crippen molar-refractivity contribution in [2.24, 2.45) is 5.73 Å². The van der Waals surface area contributed by atoms with Crippen LogP contribution in [0.25, 0.3) is 0 Å². The molecule has 0 spiro atoms. The molecule has 3 heteroatoms. The maximum atomic E-state index is 5.63. The lowest BCUT2D eigenvalue weighted by Crippen LogP contribution is -2.34. The smallest absolute Gasteiger partial charge is 0.172 e. The molecule has 0 saturated carbocycles. The lowest BCUT2D eigenvalue weighted by atomic mass is 10.2. The largest absolute Gasteiger partial charge is 0.349 e. The van der Waals surface area contributed by atoms with Crippen LogP contribution >= 0.6 is 0 Å². The van der Waals surface area contributed by atoms with E-state index in [1.807, 2.05) is 6.92 Å². The SMILES string of the molecule is CCC(N)C1OCCO1. The third-order valence-electron chi connectivity index (χ3n) is 1.47. The van der Waals surface area contributed by atoms with Gasteiger partial charge in [0.15, 0.2) is 6.29 Å². The van der Waals surface area contributed by atoms with Crippen LogP contribution < -0.4 is 5.73 Å². The van der Waals surface area contributed by atoms with E-state index in [9.17, 15) is 0 Å². The Bertz CT molecular complexity index is 81.1. The van der Waals surface area contributed by atoms with Gasteiger partial charge in [0.05, 0.1) is 19.3 Å². The van der Waals surface area contributed by atoms with E-state index in [0.717, 1.165) is 6.42 Å². The predicted molar refractivity (Wildman–Crippen MR) is 34.0 cm³/mol. The Morgan fingerprint density at radius 2 is 2.11 bits per heavy atom. The molecule has 0 aromatic carbocycles. The molecule has 1 unspecified atom stereocenters. The molecule has 1 saturated heterocycles. The van der Waals surface area contributed by atoms with Gasteiger partial charge >= 0.3 is 0 Å². The average molecular weight is 131 g/mol. The van der Waals surface area contributed by atoms with Crippen molar-refractivity contribution in [3.05, 3.63) is 0 Å². The van der Waals surface area contributed by atoms with Gasteiger partial charge in [0, 0.05) is 0 Å². The van der Waals surface area contributed by atoms with Crippen molar-refractivity contribution < 1.29 is 9.47 Å². The van der Waals surface area contributed by atoms with Crippen LogP contribution in [0.3, 0.4) is 0 Å². The van der Waals surface area contributed by atoms with Crippen molar-refractivity contribution in [3.8, 4) is 0 Å². The molecule has 0 amide bonds. The molecule has 0 aliphatic carbocycles. The Morgan fingerprint density at radius 1 is 1.56 bits per heavy atom. The molecule has 0 aromatic heterocycles. The Hall–Kier alpha value is -0.120. The molecule has 1 heterocycles. The molecular formula is C6H13NO2. The zero-order valence-electron chi connectivity index (χ0n) is 5.67. The molecule has 2 N–H and O–H groups in total. The van der Waals surface area contributed by atoms with Gasteiger partial charge in [-0.1, -0.05) is 6.92 Å². The summed E-state index contributed by atoms with van der Waals surface area (Å²) in [5, 5.41) is 0. The van der Waals surface area contributed by atoms with E-state index in [4.69, 9.17) is 15.2 Å². The van der Waals surface area contributed by atoms with Crippen LogP contribution in [0.15, 0.2) is 0 Å². The number of rotatable bonds is 2. The summed E-state index contributed by atoms with van der Waals surface area (Å²) in [7, 11) is 0. The van der Waals surface area contributed by atoms with E-state index >= 15 is 0 Å². The highest BCUT2D eigenvalue weighted by Crippen LogP contribution is 2.08. The van der Waals surface area contributed by atoms with Crippen LogP contribution in [0.2, 0.25) is 0 Å². The summed E-state index contributed by atoms with van der Waals surface area (Å²) < 4.78 is 10.3. The summed E-state index contributed by atoms with van der Waals surface area (Å²) in [6, 6.07) is 0.0486. The Kier molecular flexibility index (Phi) is 2.45. The molecule has 1 aliphatic heterocycles. The van der Waals surface area contributed by atoms with E-state index < -0.39 is 0 Å². The van der Waals surface area contributed by atoms with Gasteiger partial charge in [0.25, 0.3) is 0 Å². The van der Waals surface area contributed by atoms with Crippen LogP contribution in [-0.4, -0.2) is 25.5 Å². The van der Waals surface area contributed by atoms with Crippen LogP contribution in [0, 0.1) is 0 Å². The third kappa shape index (κ3) is 1.64. The van der Waals surface area contributed by atoms with E-state index in [2.05, 4.69) is 0 Å². The van der Waals surface area contributed by atoms with E-state index in [0.29, 0.717) is 13.2 Å². The first kappa shape index (κ1) is 6.99. The topological polar surface area (TPSA) is 44.5 Å². The summed E-state index contributed by atoms with van der Waals surface area (Å²) in [6.45, 7) is 3.41. The van der Waals surface area contributed by atoms with E-state index in [1.54, 1.807) is 0 Å². The predicted octanol–water partition coefficient (Wildman–Crippen LogP) is 0.0966. The average Bonchev–Trinajstić information content (AvgIpc) is 2.37. The first-order chi connectivity index (χ1) is 4.34. The second kappa shape index (κ2) is 3.15. The highest BCUT2D eigenvalue weighted by molar-refractivity contribution is 4.65. The highest BCUT2D eigenvalue weighted by atomic mass is 16.7. The third-order valence-corrected chi connectivity index (χ3v) is 1.47. The molecule has 0 bridgehead atoms. The van der Waals surface area contributed by atoms with Crippen LogP contribution in [-0.2, 0) is 9.47 Å². The summed E-state index contributed by atoms with van der Waals surface area (Å²) in [5.74, 6) is 0.